The second kappa shape index (κ2) is 5.76. The fraction of sp³-hybridized carbons (Fsp3) is 0.571. The van der Waals surface area contributed by atoms with Gasteiger partial charge in [-0.3, -0.25) is 20.6 Å². The highest BCUT2D eigenvalue weighted by atomic mass is 15.3. The van der Waals surface area contributed by atoms with Crippen molar-refractivity contribution < 1.29 is 0 Å². The molecule has 0 fully saturated rings. The summed E-state index contributed by atoms with van der Waals surface area (Å²) in [5.74, 6) is 5.77. The van der Waals surface area contributed by atoms with Gasteiger partial charge in [0.1, 0.15) is 0 Å². The van der Waals surface area contributed by atoms with Gasteiger partial charge >= 0.3 is 0 Å². The van der Waals surface area contributed by atoms with E-state index in [1.54, 1.807) is 0 Å². The summed E-state index contributed by atoms with van der Waals surface area (Å²) in [7, 11) is 3.93. The van der Waals surface area contributed by atoms with Crippen LogP contribution in [0.15, 0.2) is 6.07 Å². The van der Waals surface area contributed by atoms with Crippen LogP contribution in [0.4, 0.5) is 0 Å². The molecule has 0 spiro atoms. The minimum Gasteiger partial charge on any atom is -0.272 e. The van der Waals surface area contributed by atoms with Crippen molar-refractivity contribution in [2.75, 3.05) is 0 Å². The average molecular weight is 276 g/mol. The maximum absolute atomic E-state index is 5.77. The van der Waals surface area contributed by atoms with Crippen molar-refractivity contribution in [3.63, 3.8) is 0 Å². The van der Waals surface area contributed by atoms with Crippen LogP contribution in [-0.4, -0.2) is 19.6 Å². The second-order valence-corrected chi connectivity index (χ2v) is 5.24. The first-order valence-corrected chi connectivity index (χ1v) is 6.95. The Morgan fingerprint density at radius 1 is 1.25 bits per heavy atom. The van der Waals surface area contributed by atoms with Crippen LogP contribution in [0.5, 0.6) is 0 Å². The van der Waals surface area contributed by atoms with Crippen molar-refractivity contribution in [2.45, 2.75) is 39.7 Å². The summed E-state index contributed by atoms with van der Waals surface area (Å²) in [6, 6.07) is 2.19. The largest absolute Gasteiger partial charge is 0.272 e. The van der Waals surface area contributed by atoms with Gasteiger partial charge in [0.2, 0.25) is 0 Å². The molecule has 0 radical (unpaired) electrons. The lowest BCUT2D eigenvalue weighted by molar-refractivity contribution is 0.525. The first kappa shape index (κ1) is 14.7. The lowest BCUT2D eigenvalue weighted by atomic mass is 10.0. The molecule has 0 saturated heterocycles. The quantitative estimate of drug-likeness (QED) is 0.633. The van der Waals surface area contributed by atoms with E-state index < -0.39 is 0 Å². The molecule has 0 aliphatic heterocycles. The number of nitrogens with one attached hydrogen (secondary N) is 1. The van der Waals surface area contributed by atoms with Crippen LogP contribution >= 0.6 is 0 Å². The van der Waals surface area contributed by atoms with E-state index in [0.717, 1.165) is 29.9 Å². The number of aromatic nitrogens is 4. The molecular formula is C14H24N6. The third kappa shape index (κ3) is 2.62. The van der Waals surface area contributed by atoms with Crippen LogP contribution < -0.4 is 11.3 Å². The standard InChI is InChI=1S/C14H24N6/c1-6-11-7-12(20(5)18-11)8-13(16-15)14-9(2)17-19(4)10(14)3/h7,13,16H,6,8,15H2,1-5H3. The Morgan fingerprint density at radius 3 is 2.40 bits per heavy atom. The highest BCUT2D eigenvalue weighted by Gasteiger charge is 2.21. The van der Waals surface area contributed by atoms with Crippen molar-refractivity contribution in [3.05, 3.63) is 34.4 Å². The summed E-state index contributed by atoms with van der Waals surface area (Å²) in [6.45, 7) is 6.20. The highest BCUT2D eigenvalue weighted by molar-refractivity contribution is 5.29. The molecule has 0 aromatic carbocycles. The van der Waals surface area contributed by atoms with E-state index in [9.17, 15) is 0 Å². The Morgan fingerprint density at radius 2 is 1.95 bits per heavy atom. The monoisotopic (exact) mass is 276 g/mol. The molecule has 0 aliphatic rings. The molecule has 1 atom stereocenters. The van der Waals surface area contributed by atoms with E-state index >= 15 is 0 Å². The predicted molar refractivity (Wildman–Crippen MR) is 79.0 cm³/mol. The summed E-state index contributed by atoms with van der Waals surface area (Å²) in [4.78, 5) is 0. The summed E-state index contributed by atoms with van der Waals surface area (Å²) in [6.07, 6.45) is 1.74. The van der Waals surface area contributed by atoms with Gasteiger partial charge in [-0.25, -0.2) is 0 Å². The molecule has 0 aliphatic carbocycles. The van der Waals surface area contributed by atoms with Gasteiger partial charge in [0.25, 0.3) is 0 Å². The Kier molecular flexibility index (Phi) is 4.25. The highest BCUT2D eigenvalue weighted by Crippen LogP contribution is 2.24. The van der Waals surface area contributed by atoms with E-state index in [0.29, 0.717) is 0 Å². The summed E-state index contributed by atoms with van der Waals surface area (Å²) >= 11 is 0. The molecule has 110 valence electrons. The first-order chi connectivity index (χ1) is 9.47. The third-order valence-corrected chi connectivity index (χ3v) is 3.92. The average Bonchev–Trinajstić information content (AvgIpc) is 2.89. The smallest absolute Gasteiger partial charge is 0.0644 e. The molecule has 6 nitrogen and oxygen atoms in total. The number of nitrogens with zero attached hydrogens (tertiary/aromatic N) is 4. The molecule has 2 aromatic rings. The molecule has 2 aromatic heterocycles. The Balaban J connectivity index is 2.31. The molecular weight excluding hydrogens is 252 g/mol. The fourth-order valence-electron chi connectivity index (χ4n) is 2.68. The Bertz CT molecular complexity index is 595. The van der Waals surface area contributed by atoms with E-state index in [4.69, 9.17) is 5.84 Å². The SMILES string of the molecule is CCc1cc(CC(NN)c2c(C)nn(C)c2C)n(C)n1. The van der Waals surface area contributed by atoms with Crippen molar-refractivity contribution in [2.24, 2.45) is 19.9 Å². The normalized spacial score (nSPS) is 12.9. The van der Waals surface area contributed by atoms with Gasteiger partial charge in [0.15, 0.2) is 0 Å². The number of hydrogen-bond acceptors (Lipinski definition) is 4. The Labute approximate surface area is 119 Å². The van der Waals surface area contributed by atoms with Gasteiger partial charge in [-0.15, -0.1) is 0 Å². The third-order valence-electron chi connectivity index (χ3n) is 3.92. The van der Waals surface area contributed by atoms with Gasteiger partial charge in [-0.05, 0) is 26.3 Å². The van der Waals surface area contributed by atoms with E-state index in [1.165, 1.54) is 11.3 Å². The number of hydrazine groups is 1. The molecule has 0 bridgehead atoms. The minimum atomic E-state index is 0.0452. The van der Waals surface area contributed by atoms with Crippen LogP contribution in [-0.2, 0) is 26.9 Å². The van der Waals surface area contributed by atoms with E-state index in [-0.39, 0.29) is 6.04 Å². The maximum Gasteiger partial charge on any atom is 0.0644 e. The predicted octanol–water partition coefficient (Wildman–Crippen LogP) is 1.08. The number of rotatable bonds is 5. The zero-order valence-electron chi connectivity index (χ0n) is 12.9. The van der Waals surface area contributed by atoms with Gasteiger partial charge in [-0.2, -0.15) is 10.2 Å². The number of aryl methyl sites for hydroxylation is 4. The summed E-state index contributed by atoms with van der Waals surface area (Å²) < 4.78 is 3.83. The molecule has 0 amide bonds. The second-order valence-electron chi connectivity index (χ2n) is 5.24. The van der Waals surface area contributed by atoms with Crippen LogP contribution in [0.25, 0.3) is 0 Å². The zero-order valence-corrected chi connectivity index (χ0v) is 12.9. The van der Waals surface area contributed by atoms with Gasteiger partial charge in [0.05, 0.1) is 17.4 Å². The van der Waals surface area contributed by atoms with Crippen molar-refractivity contribution in [1.82, 2.24) is 25.0 Å². The summed E-state index contributed by atoms with van der Waals surface area (Å²) in [5.41, 5.74) is 8.54. The van der Waals surface area contributed by atoms with Crippen molar-refractivity contribution in [3.8, 4) is 0 Å². The minimum absolute atomic E-state index is 0.0452. The van der Waals surface area contributed by atoms with Gasteiger partial charge in [0, 0.05) is 37.5 Å². The lowest BCUT2D eigenvalue weighted by Gasteiger charge is -2.16. The molecule has 6 heteroatoms. The van der Waals surface area contributed by atoms with Crippen LogP contribution in [0.3, 0.4) is 0 Å². The van der Waals surface area contributed by atoms with Crippen LogP contribution in [0.2, 0.25) is 0 Å². The molecule has 1 unspecified atom stereocenters. The zero-order chi connectivity index (χ0) is 14.9. The van der Waals surface area contributed by atoms with Crippen molar-refractivity contribution >= 4 is 0 Å². The molecule has 20 heavy (non-hydrogen) atoms. The van der Waals surface area contributed by atoms with Crippen LogP contribution in [0, 0.1) is 13.8 Å². The first-order valence-electron chi connectivity index (χ1n) is 6.95. The Hall–Kier alpha value is -1.66. The lowest BCUT2D eigenvalue weighted by Crippen LogP contribution is -2.31. The summed E-state index contributed by atoms with van der Waals surface area (Å²) in [5, 5.41) is 8.95. The maximum atomic E-state index is 5.77. The molecule has 3 N–H and O–H groups in total. The van der Waals surface area contributed by atoms with Gasteiger partial charge < -0.3 is 0 Å². The van der Waals surface area contributed by atoms with Crippen LogP contribution in [0.1, 0.15) is 41.3 Å². The van der Waals surface area contributed by atoms with Gasteiger partial charge in [-0.1, -0.05) is 6.92 Å². The van der Waals surface area contributed by atoms with Crippen molar-refractivity contribution in [1.29, 1.82) is 0 Å². The van der Waals surface area contributed by atoms with E-state index in [1.807, 2.05) is 30.4 Å². The molecule has 2 heterocycles. The topological polar surface area (TPSA) is 73.7 Å². The molecule has 2 rings (SSSR count). The number of nitrogens with two attached hydrogens (primary N) is 1. The van der Waals surface area contributed by atoms with E-state index in [2.05, 4.69) is 35.5 Å². The fourth-order valence-corrected chi connectivity index (χ4v) is 2.68. The molecule has 0 saturated carbocycles. The number of hydrogen-bond donors (Lipinski definition) is 2.